The molecule has 0 radical (unpaired) electrons. The van der Waals surface area contributed by atoms with Gasteiger partial charge in [0.25, 0.3) is 0 Å². The zero-order valence-electron chi connectivity index (χ0n) is 11.6. The Morgan fingerprint density at radius 2 is 2.05 bits per heavy atom. The third kappa shape index (κ3) is 3.62. The minimum absolute atomic E-state index is 0.318. The van der Waals surface area contributed by atoms with Crippen molar-refractivity contribution in [2.45, 2.75) is 20.0 Å². The standard InChI is InChI=1S/C16H16FN3/c1-12-4-3-5-16(19-12)11-20(2)10-14-8-15(17)7-6-13(14)9-18/h3-8H,10-11H2,1-2H3. The third-order valence-corrected chi connectivity index (χ3v) is 3.01. The fourth-order valence-corrected chi connectivity index (χ4v) is 2.11. The molecule has 1 heterocycles. The van der Waals surface area contributed by atoms with Gasteiger partial charge in [0.2, 0.25) is 0 Å². The number of hydrogen-bond donors (Lipinski definition) is 0. The van der Waals surface area contributed by atoms with E-state index in [0.717, 1.165) is 11.4 Å². The number of nitriles is 1. The lowest BCUT2D eigenvalue weighted by molar-refractivity contribution is 0.314. The van der Waals surface area contributed by atoms with Crippen molar-refractivity contribution in [3.8, 4) is 6.07 Å². The zero-order valence-corrected chi connectivity index (χ0v) is 11.6. The quantitative estimate of drug-likeness (QED) is 0.856. The van der Waals surface area contributed by atoms with E-state index in [0.29, 0.717) is 24.2 Å². The molecule has 2 aromatic rings. The third-order valence-electron chi connectivity index (χ3n) is 3.01. The number of nitrogens with zero attached hydrogens (tertiary/aromatic N) is 3. The highest BCUT2D eigenvalue weighted by Crippen LogP contribution is 2.13. The van der Waals surface area contributed by atoms with Gasteiger partial charge < -0.3 is 0 Å². The zero-order chi connectivity index (χ0) is 14.5. The Hall–Kier alpha value is -2.25. The highest BCUT2D eigenvalue weighted by atomic mass is 19.1. The number of aryl methyl sites for hydroxylation is 1. The van der Waals surface area contributed by atoms with E-state index in [4.69, 9.17) is 5.26 Å². The summed E-state index contributed by atoms with van der Waals surface area (Å²) >= 11 is 0. The lowest BCUT2D eigenvalue weighted by Crippen LogP contribution is -2.19. The van der Waals surface area contributed by atoms with Crippen molar-refractivity contribution in [2.24, 2.45) is 0 Å². The van der Waals surface area contributed by atoms with Crippen LogP contribution in [0.5, 0.6) is 0 Å². The molecule has 0 aliphatic heterocycles. The summed E-state index contributed by atoms with van der Waals surface area (Å²) in [5.41, 5.74) is 3.14. The second kappa shape index (κ2) is 6.27. The Bertz CT molecular complexity index is 646. The summed E-state index contributed by atoms with van der Waals surface area (Å²) < 4.78 is 13.3. The van der Waals surface area contributed by atoms with E-state index in [1.54, 1.807) is 0 Å². The van der Waals surface area contributed by atoms with Crippen LogP contribution in [0.1, 0.15) is 22.5 Å². The van der Waals surface area contributed by atoms with Gasteiger partial charge in [-0.05, 0) is 49.9 Å². The smallest absolute Gasteiger partial charge is 0.123 e. The topological polar surface area (TPSA) is 39.9 Å². The van der Waals surface area contributed by atoms with Gasteiger partial charge in [-0.3, -0.25) is 9.88 Å². The molecule has 1 aromatic carbocycles. The van der Waals surface area contributed by atoms with Crippen LogP contribution in [0.2, 0.25) is 0 Å². The van der Waals surface area contributed by atoms with Crippen molar-refractivity contribution in [1.82, 2.24) is 9.88 Å². The number of rotatable bonds is 4. The molecule has 20 heavy (non-hydrogen) atoms. The van der Waals surface area contributed by atoms with Crippen molar-refractivity contribution in [3.05, 3.63) is 64.7 Å². The second-order valence-electron chi connectivity index (χ2n) is 4.86. The van der Waals surface area contributed by atoms with Crippen LogP contribution in [0.3, 0.4) is 0 Å². The van der Waals surface area contributed by atoms with E-state index < -0.39 is 0 Å². The maximum absolute atomic E-state index is 13.3. The Morgan fingerprint density at radius 1 is 1.25 bits per heavy atom. The van der Waals surface area contributed by atoms with Crippen LogP contribution in [0.25, 0.3) is 0 Å². The summed E-state index contributed by atoms with van der Waals surface area (Å²) in [7, 11) is 1.93. The van der Waals surface area contributed by atoms with Gasteiger partial charge in [0.05, 0.1) is 17.3 Å². The molecule has 0 amide bonds. The molecule has 102 valence electrons. The van der Waals surface area contributed by atoms with Crippen LogP contribution in [0.15, 0.2) is 36.4 Å². The molecular weight excluding hydrogens is 253 g/mol. The van der Waals surface area contributed by atoms with E-state index in [-0.39, 0.29) is 5.82 Å². The molecule has 0 unspecified atom stereocenters. The molecule has 0 spiro atoms. The lowest BCUT2D eigenvalue weighted by Gasteiger charge is -2.17. The Balaban J connectivity index is 2.10. The normalized spacial score (nSPS) is 10.6. The van der Waals surface area contributed by atoms with Crippen LogP contribution in [-0.4, -0.2) is 16.9 Å². The Labute approximate surface area is 118 Å². The molecular formula is C16H16FN3. The summed E-state index contributed by atoms with van der Waals surface area (Å²) in [5, 5.41) is 9.05. The van der Waals surface area contributed by atoms with Crippen LogP contribution < -0.4 is 0 Å². The predicted molar refractivity (Wildman–Crippen MR) is 75.3 cm³/mol. The number of aromatic nitrogens is 1. The lowest BCUT2D eigenvalue weighted by atomic mass is 10.1. The molecule has 0 atom stereocenters. The highest BCUT2D eigenvalue weighted by molar-refractivity contribution is 5.37. The van der Waals surface area contributed by atoms with Crippen LogP contribution in [0, 0.1) is 24.1 Å². The summed E-state index contributed by atoms with van der Waals surface area (Å²) in [5.74, 6) is -0.318. The van der Waals surface area contributed by atoms with Crippen LogP contribution in [-0.2, 0) is 13.1 Å². The highest BCUT2D eigenvalue weighted by Gasteiger charge is 2.08. The van der Waals surface area contributed by atoms with Gasteiger partial charge in [-0.15, -0.1) is 0 Å². The first-order valence-electron chi connectivity index (χ1n) is 6.38. The fourth-order valence-electron chi connectivity index (χ4n) is 2.11. The number of benzene rings is 1. The first-order chi connectivity index (χ1) is 9.58. The maximum Gasteiger partial charge on any atom is 0.123 e. The summed E-state index contributed by atoms with van der Waals surface area (Å²) in [4.78, 5) is 6.45. The molecule has 0 aliphatic rings. The molecule has 1 aromatic heterocycles. The maximum atomic E-state index is 13.3. The number of pyridine rings is 1. The van der Waals surface area contributed by atoms with Gasteiger partial charge in [-0.2, -0.15) is 5.26 Å². The molecule has 0 fully saturated rings. The summed E-state index contributed by atoms with van der Waals surface area (Å²) in [6.45, 7) is 3.11. The van der Waals surface area contributed by atoms with Gasteiger partial charge in [0.1, 0.15) is 5.82 Å². The molecule has 0 aliphatic carbocycles. The monoisotopic (exact) mass is 269 g/mol. The summed E-state index contributed by atoms with van der Waals surface area (Å²) in [6, 6.07) is 12.2. The van der Waals surface area contributed by atoms with Crippen molar-refractivity contribution in [1.29, 1.82) is 5.26 Å². The van der Waals surface area contributed by atoms with Gasteiger partial charge in [0, 0.05) is 18.8 Å². The summed E-state index contributed by atoms with van der Waals surface area (Å²) in [6.07, 6.45) is 0. The SMILES string of the molecule is Cc1cccc(CN(C)Cc2cc(F)ccc2C#N)n1. The Morgan fingerprint density at radius 3 is 2.75 bits per heavy atom. The average molecular weight is 269 g/mol. The van der Waals surface area contributed by atoms with Crippen molar-refractivity contribution in [2.75, 3.05) is 7.05 Å². The second-order valence-corrected chi connectivity index (χ2v) is 4.86. The minimum atomic E-state index is -0.318. The van der Waals surface area contributed by atoms with Gasteiger partial charge >= 0.3 is 0 Å². The molecule has 3 nitrogen and oxygen atoms in total. The molecule has 0 saturated carbocycles. The van der Waals surface area contributed by atoms with Gasteiger partial charge in [0.15, 0.2) is 0 Å². The van der Waals surface area contributed by atoms with Gasteiger partial charge in [-0.25, -0.2) is 4.39 Å². The largest absolute Gasteiger partial charge is 0.296 e. The predicted octanol–water partition coefficient (Wildman–Crippen LogP) is 3.03. The molecule has 0 bridgehead atoms. The van der Waals surface area contributed by atoms with Crippen molar-refractivity contribution < 1.29 is 4.39 Å². The van der Waals surface area contributed by atoms with Gasteiger partial charge in [-0.1, -0.05) is 6.07 Å². The molecule has 4 heteroatoms. The first-order valence-corrected chi connectivity index (χ1v) is 6.38. The molecule has 0 N–H and O–H groups in total. The minimum Gasteiger partial charge on any atom is -0.296 e. The Kier molecular flexibility index (Phi) is 4.44. The molecule has 0 saturated heterocycles. The van der Waals surface area contributed by atoms with E-state index in [1.165, 1.54) is 18.2 Å². The van der Waals surface area contributed by atoms with E-state index in [2.05, 4.69) is 11.1 Å². The number of halogens is 1. The average Bonchev–Trinajstić information content (AvgIpc) is 2.38. The first kappa shape index (κ1) is 14.2. The number of hydrogen-bond acceptors (Lipinski definition) is 3. The van der Waals surface area contributed by atoms with Crippen LogP contribution in [0.4, 0.5) is 4.39 Å². The van der Waals surface area contributed by atoms with E-state index in [9.17, 15) is 4.39 Å². The van der Waals surface area contributed by atoms with Crippen molar-refractivity contribution in [3.63, 3.8) is 0 Å². The van der Waals surface area contributed by atoms with Crippen molar-refractivity contribution >= 4 is 0 Å². The van der Waals surface area contributed by atoms with E-state index in [1.807, 2.05) is 37.1 Å². The van der Waals surface area contributed by atoms with Crippen LogP contribution >= 0.6 is 0 Å². The van der Waals surface area contributed by atoms with E-state index >= 15 is 0 Å². The fraction of sp³-hybridized carbons (Fsp3) is 0.250. The molecule has 2 rings (SSSR count).